The standard InChI is InChI=1S/C18H32N4O2S/c1-6-22(17-10-8-7-9-15(17)2)13-12-20-18(19-4)21-16(3)11-14-25(5,23)24/h7-10,16H,6,11-14H2,1-5H3,(H2,19,20,21). The number of nitrogens with one attached hydrogen (secondary N) is 2. The van der Waals surface area contributed by atoms with Gasteiger partial charge in [-0.1, -0.05) is 18.2 Å². The molecule has 0 bridgehead atoms. The number of anilines is 1. The molecule has 1 aromatic carbocycles. The van der Waals surface area contributed by atoms with Gasteiger partial charge in [0.2, 0.25) is 0 Å². The Morgan fingerprint density at radius 1 is 1.32 bits per heavy atom. The van der Waals surface area contributed by atoms with E-state index in [2.05, 4.69) is 58.6 Å². The molecule has 25 heavy (non-hydrogen) atoms. The molecule has 1 rings (SSSR count). The molecule has 0 saturated carbocycles. The van der Waals surface area contributed by atoms with Gasteiger partial charge in [0.05, 0.1) is 5.75 Å². The summed E-state index contributed by atoms with van der Waals surface area (Å²) in [6, 6.07) is 8.41. The van der Waals surface area contributed by atoms with Crippen molar-refractivity contribution in [2.24, 2.45) is 4.99 Å². The van der Waals surface area contributed by atoms with Gasteiger partial charge in [-0.15, -0.1) is 0 Å². The fourth-order valence-electron chi connectivity index (χ4n) is 2.57. The molecule has 6 nitrogen and oxygen atoms in total. The van der Waals surface area contributed by atoms with E-state index in [0.29, 0.717) is 12.4 Å². The van der Waals surface area contributed by atoms with Gasteiger partial charge in [-0.3, -0.25) is 4.99 Å². The van der Waals surface area contributed by atoms with Crippen LogP contribution in [0.4, 0.5) is 5.69 Å². The van der Waals surface area contributed by atoms with Gasteiger partial charge in [-0.2, -0.15) is 0 Å². The Morgan fingerprint density at radius 2 is 2.00 bits per heavy atom. The molecule has 7 heteroatoms. The molecule has 0 aliphatic carbocycles. The maximum atomic E-state index is 11.3. The number of hydrogen-bond acceptors (Lipinski definition) is 4. The number of likely N-dealkylation sites (N-methyl/N-ethyl adjacent to an activating group) is 1. The molecule has 0 radical (unpaired) electrons. The van der Waals surface area contributed by atoms with Crippen LogP contribution in [0.2, 0.25) is 0 Å². The van der Waals surface area contributed by atoms with E-state index in [1.807, 2.05) is 6.92 Å². The first kappa shape index (κ1) is 21.3. The number of aliphatic imine (C=N–C) groups is 1. The minimum Gasteiger partial charge on any atom is -0.370 e. The van der Waals surface area contributed by atoms with Gasteiger partial charge in [0.25, 0.3) is 0 Å². The Balaban J connectivity index is 2.47. The second kappa shape index (κ2) is 10.3. The van der Waals surface area contributed by atoms with E-state index in [4.69, 9.17) is 0 Å². The van der Waals surface area contributed by atoms with E-state index in [-0.39, 0.29) is 11.8 Å². The molecule has 1 unspecified atom stereocenters. The normalized spacial score (nSPS) is 13.4. The lowest BCUT2D eigenvalue weighted by Gasteiger charge is -2.26. The number of rotatable bonds is 9. The number of aryl methyl sites for hydroxylation is 1. The third-order valence-corrected chi connectivity index (χ3v) is 5.02. The monoisotopic (exact) mass is 368 g/mol. The molecule has 0 aromatic heterocycles. The number of hydrogen-bond donors (Lipinski definition) is 2. The van der Waals surface area contributed by atoms with E-state index in [1.54, 1.807) is 7.05 Å². The summed E-state index contributed by atoms with van der Waals surface area (Å²) < 4.78 is 22.5. The lowest BCUT2D eigenvalue weighted by molar-refractivity contribution is 0.581. The van der Waals surface area contributed by atoms with Crippen LogP contribution in [-0.4, -0.2) is 59.1 Å². The number of sulfone groups is 1. The van der Waals surface area contributed by atoms with Crippen molar-refractivity contribution in [3.05, 3.63) is 29.8 Å². The van der Waals surface area contributed by atoms with Crippen molar-refractivity contribution < 1.29 is 8.42 Å². The summed E-state index contributed by atoms with van der Waals surface area (Å²) in [6.07, 6.45) is 1.82. The zero-order chi connectivity index (χ0) is 18.9. The topological polar surface area (TPSA) is 73.8 Å². The molecule has 2 N–H and O–H groups in total. The van der Waals surface area contributed by atoms with Crippen molar-refractivity contribution in [3.8, 4) is 0 Å². The molecule has 1 atom stereocenters. The average molecular weight is 369 g/mol. The second-order valence-corrected chi connectivity index (χ2v) is 8.59. The SMILES string of the molecule is CCN(CCNC(=NC)NC(C)CCS(C)(=O)=O)c1ccccc1C. The van der Waals surface area contributed by atoms with Gasteiger partial charge in [0.15, 0.2) is 5.96 Å². The summed E-state index contributed by atoms with van der Waals surface area (Å²) >= 11 is 0. The van der Waals surface area contributed by atoms with Gasteiger partial charge in [0, 0.05) is 44.7 Å². The fraction of sp³-hybridized carbons (Fsp3) is 0.611. The first-order valence-corrected chi connectivity index (χ1v) is 10.8. The summed E-state index contributed by atoms with van der Waals surface area (Å²) in [5, 5.41) is 6.54. The number of benzene rings is 1. The molecular formula is C18H32N4O2S. The quantitative estimate of drug-likeness (QED) is 0.514. The van der Waals surface area contributed by atoms with Gasteiger partial charge < -0.3 is 15.5 Å². The molecular weight excluding hydrogens is 336 g/mol. The van der Waals surface area contributed by atoms with Crippen LogP contribution in [0.15, 0.2) is 29.3 Å². The van der Waals surface area contributed by atoms with Crippen molar-refractivity contribution in [1.82, 2.24) is 10.6 Å². The molecule has 0 aliphatic rings. The van der Waals surface area contributed by atoms with Crippen molar-refractivity contribution in [3.63, 3.8) is 0 Å². The van der Waals surface area contributed by atoms with Crippen LogP contribution in [0.25, 0.3) is 0 Å². The molecule has 1 aromatic rings. The van der Waals surface area contributed by atoms with Crippen molar-refractivity contribution in [1.29, 1.82) is 0 Å². The van der Waals surface area contributed by atoms with Gasteiger partial charge >= 0.3 is 0 Å². The highest BCUT2D eigenvalue weighted by atomic mass is 32.2. The van der Waals surface area contributed by atoms with Crippen LogP contribution in [0.1, 0.15) is 25.8 Å². The summed E-state index contributed by atoms with van der Waals surface area (Å²) in [6.45, 7) is 8.77. The molecule has 0 fully saturated rings. The summed E-state index contributed by atoms with van der Waals surface area (Å²) in [4.78, 5) is 6.53. The van der Waals surface area contributed by atoms with Crippen LogP contribution in [0.3, 0.4) is 0 Å². The van der Waals surface area contributed by atoms with Crippen LogP contribution < -0.4 is 15.5 Å². The number of para-hydroxylation sites is 1. The Bertz CT molecular complexity index is 659. The minimum atomic E-state index is -2.93. The predicted octanol–water partition coefficient (Wildman–Crippen LogP) is 1.81. The van der Waals surface area contributed by atoms with E-state index in [0.717, 1.165) is 19.6 Å². The Hall–Kier alpha value is -1.76. The molecule has 0 spiro atoms. The van der Waals surface area contributed by atoms with Crippen LogP contribution in [-0.2, 0) is 9.84 Å². The van der Waals surface area contributed by atoms with E-state index < -0.39 is 9.84 Å². The Kier molecular flexibility index (Phi) is 8.75. The highest BCUT2D eigenvalue weighted by molar-refractivity contribution is 7.90. The first-order valence-electron chi connectivity index (χ1n) is 8.72. The van der Waals surface area contributed by atoms with E-state index >= 15 is 0 Å². The zero-order valence-electron chi connectivity index (χ0n) is 16.0. The zero-order valence-corrected chi connectivity index (χ0v) is 16.9. The molecule has 142 valence electrons. The van der Waals surface area contributed by atoms with Crippen molar-refractivity contribution >= 4 is 21.5 Å². The second-order valence-electron chi connectivity index (χ2n) is 6.33. The van der Waals surface area contributed by atoms with Crippen LogP contribution in [0.5, 0.6) is 0 Å². The number of nitrogens with zero attached hydrogens (tertiary/aromatic N) is 2. The van der Waals surface area contributed by atoms with E-state index in [1.165, 1.54) is 17.5 Å². The maximum Gasteiger partial charge on any atom is 0.191 e. The highest BCUT2D eigenvalue weighted by Gasteiger charge is 2.10. The third kappa shape index (κ3) is 8.25. The van der Waals surface area contributed by atoms with Crippen LogP contribution >= 0.6 is 0 Å². The minimum absolute atomic E-state index is 0.0413. The first-order chi connectivity index (χ1) is 11.8. The van der Waals surface area contributed by atoms with Crippen molar-refractivity contribution in [2.45, 2.75) is 33.2 Å². The fourth-order valence-corrected chi connectivity index (χ4v) is 3.35. The third-order valence-electron chi connectivity index (χ3n) is 4.04. The lowest BCUT2D eigenvalue weighted by atomic mass is 10.2. The average Bonchev–Trinajstić information content (AvgIpc) is 2.56. The summed E-state index contributed by atoms with van der Waals surface area (Å²) in [5.74, 6) is 0.872. The van der Waals surface area contributed by atoms with Gasteiger partial charge in [-0.05, 0) is 38.8 Å². The lowest BCUT2D eigenvalue weighted by Crippen LogP contribution is -2.45. The molecule has 0 amide bonds. The molecule has 0 aliphatic heterocycles. The predicted molar refractivity (Wildman–Crippen MR) is 107 cm³/mol. The Labute approximate surface area is 152 Å². The van der Waals surface area contributed by atoms with Gasteiger partial charge in [0.1, 0.15) is 9.84 Å². The maximum absolute atomic E-state index is 11.3. The smallest absolute Gasteiger partial charge is 0.191 e. The largest absolute Gasteiger partial charge is 0.370 e. The molecule has 0 saturated heterocycles. The number of guanidine groups is 1. The molecule has 0 heterocycles. The van der Waals surface area contributed by atoms with Crippen LogP contribution in [0, 0.1) is 6.92 Å². The van der Waals surface area contributed by atoms with Crippen molar-refractivity contribution in [2.75, 3.05) is 43.6 Å². The Morgan fingerprint density at radius 3 is 2.56 bits per heavy atom. The summed E-state index contributed by atoms with van der Waals surface area (Å²) in [7, 11) is -1.22. The summed E-state index contributed by atoms with van der Waals surface area (Å²) in [5.41, 5.74) is 2.51. The van der Waals surface area contributed by atoms with Gasteiger partial charge in [-0.25, -0.2) is 8.42 Å². The highest BCUT2D eigenvalue weighted by Crippen LogP contribution is 2.18. The van der Waals surface area contributed by atoms with E-state index in [9.17, 15) is 8.42 Å².